The molecule has 2 aliphatic carbocycles. The third-order valence-corrected chi connectivity index (χ3v) is 7.35. The minimum atomic E-state index is -4.75. The molecule has 0 radical (unpaired) electrons. The van der Waals surface area contributed by atoms with Crippen LogP contribution in [0.5, 0.6) is 0 Å². The van der Waals surface area contributed by atoms with Crippen molar-refractivity contribution in [2.24, 2.45) is 5.92 Å². The minimum absolute atomic E-state index is 0.00490. The van der Waals surface area contributed by atoms with Gasteiger partial charge in [0.1, 0.15) is 5.54 Å². The molecule has 1 amide bonds. The number of aliphatic carboxylic acids is 1. The van der Waals surface area contributed by atoms with E-state index in [0.29, 0.717) is 32.1 Å². The number of nitriles is 1. The number of thiocarbonyl (C=S) groups is 1. The summed E-state index contributed by atoms with van der Waals surface area (Å²) in [6, 6.07) is 4.77. The van der Waals surface area contributed by atoms with Gasteiger partial charge in [-0.3, -0.25) is 14.5 Å². The second kappa shape index (κ2) is 9.11. The van der Waals surface area contributed by atoms with Crippen LogP contribution in [-0.2, 0) is 15.8 Å². The Morgan fingerprint density at radius 3 is 2.57 bits per heavy atom. The summed E-state index contributed by atoms with van der Waals surface area (Å²) in [5.41, 5.74) is -0.601. The highest BCUT2D eigenvalue weighted by Gasteiger charge is 2.60. The predicted octanol–water partition coefficient (Wildman–Crippen LogP) is 5.54. The summed E-state index contributed by atoms with van der Waals surface area (Å²) in [7, 11) is 0. The molecule has 1 atom stereocenters. The molecule has 0 bridgehead atoms. The average Bonchev–Trinajstić information content (AvgIpc) is 2.99. The molecule has 4 rings (SSSR count). The lowest BCUT2D eigenvalue weighted by Crippen LogP contribution is -2.55. The summed E-state index contributed by atoms with van der Waals surface area (Å²) in [6.07, 6.45) is 2.95. The van der Waals surface area contributed by atoms with E-state index in [4.69, 9.17) is 22.6 Å². The van der Waals surface area contributed by atoms with Gasteiger partial charge in [-0.1, -0.05) is 18.6 Å². The minimum Gasteiger partial charge on any atom is -0.481 e. The van der Waals surface area contributed by atoms with E-state index in [1.165, 1.54) is 11.0 Å². The van der Waals surface area contributed by atoms with E-state index in [2.05, 4.69) is 0 Å². The zero-order chi connectivity index (χ0) is 25.5. The highest BCUT2D eigenvalue weighted by molar-refractivity contribution is 7.80. The number of carbonyl (C=O) groups excluding carboxylic acids is 1. The van der Waals surface area contributed by atoms with Crippen molar-refractivity contribution in [2.45, 2.75) is 63.6 Å². The predicted molar refractivity (Wildman–Crippen MR) is 126 cm³/mol. The fourth-order valence-electron chi connectivity index (χ4n) is 5.09. The molecule has 1 unspecified atom stereocenters. The number of hydrogen-bond donors (Lipinski definition) is 1. The molecule has 2 fully saturated rings. The number of rotatable bonds is 6. The summed E-state index contributed by atoms with van der Waals surface area (Å²) in [6.45, 7) is 2.00. The first kappa shape index (κ1) is 24.9. The van der Waals surface area contributed by atoms with E-state index in [-0.39, 0.29) is 29.0 Å². The van der Waals surface area contributed by atoms with Crippen LogP contribution >= 0.6 is 12.2 Å². The Balaban J connectivity index is 1.69. The molecule has 6 nitrogen and oxygen atoms in total. The Hall–Kier alpha value is -3.19. The van der Waals surface area contributed by atoms with Crippen molar-refractivity contribution in [3.05, 3.63) is 52.7 Å². The third kappa shape index (κ3) is 4.33. The van der Waals surface area contributed by atoms with Gasteiger partial charge in [0.2, 0.25) is 0 Å². The number of benzene rings is 1. The smallest absolute Gasteiger partial charge is 0.417 e. The second-order valence-electron chi connectivity index (χ2n) is 9.25. The Morgan fingerprint density at radius 2 is 2.03 bits per heavy atom. The van der Waals surface area contributed by atoms with Crippen LogP contribution in [0.1, 0.15) is 63.0 Å². The van der Waals surface area contributed by atoms with E-state index in [9.17, 15) is 22.8 Å². The first-order valence-corrected chi connectivity index (χ1v) is 11.8. The first-order chi connectivity index (χ1) is 16.5. The van der Waals surface area contributed by atoms with Crippen LogP contribution in [0, 0.1) is 17.2 Å². The number of amides is 1. The number of nitrogens with zero attached hydrogens (tertiary/aromatic N) is 3. The van der Waals surface area contributed by atoms with Gasteiger partial charge in [-0.2, -0.15) is 18.4 Å². The van der Waals surface area contributed by atoms with E-state index in [1.54, 1.807) is 6.07 Å². The molecule has 1 saturated carbocycles. The van der Waals surface area contributed by atoms with Gasteiger partial charge in [0.15, 0.2) is 5.11 Å². The van der Waals surface area contributed by atoms with Crippen LogP contribution in [0.3, 0.4) is 0 Å². The van der Waals surface area contributed by atoms with Crippen molar-refractivity contribution in [1.29, 1.82) is 5.26 Å². The van der Waals surface area contributed by atoms with Crippen LogP contribution in [0.4, 0.5) is 18.9 Å². The Kier molecular flexibility index (Phi) is 6.49. The normalized spacial score (nSPS) is 21.5. The van der Waals surface area contributed by atoms with Gasteiger partial charge >= 0.3 is 12.1 Å². The fourth-order valence-corrected chi connectivity index (χ4v) is 5.56. The molecular weight excluding hydrogens is 479 g/mol. The Labute approximate surface area is 206 Å². The van der Waals surface area contributed by atoms with Gasteiger partial charge in [-0.05, 0) is 75.0 Å². The van der Waals surface area contributed by atoms with Crippen LogP contribution in [0.2, 0.25) is 0 Å². The Morgan fingerprint density at radius 1 is 1.31 bits per heavy atom. The molecule has 35 heavy (non-hydrogen) atoms. The molecule has 1 spiro atoms. The number of anilines is 1. The SMILES string of the molecule is CC1CC(CCCC(=O)O)=CC=C1N1C(=S)N(c2ccc(C#N)c(C(F)(F)F)c2)C(=O)C12CCC2. The van der Waals surface area contributed by atoms with E-state index >= 15 is 0 Å². The zero-order valence-corrected chi connectivity index (χ0v) is 19.9. The maximum Gasteiger partial charge on any atom is 0.417 e. The van der Waals surface area contributed by atoms with Crippen molar-refractivity contribution in [1.82, 2.24) is 4.90 Å². The lowest BCUT2D eigenvalue weighted by atomic mass is 9.74. The monoisotopic (exact) mass is 503 g/mol. The summed E-state index contributed by atoms with van der Waals surface area (Å²) in [5.74, 6) is -1.19. The van der Waals surface area contributed by atoms with E-state index in [0.717, 1.165) is 29.8 Å². The number of allylic oxidation sites excluding steroid dienone is 4. The van der Waals surface area contributed by atoms with Gasteiger partial charge in [0, 0.05) is 18.0 Å². The first-order valence-electron chi connectivity index (χ1n) is 11.4. The number of hydrogen-bond acceptors (Lipinski definition) is 4. The molecule has 1 heterocycles. The number of carboxylic acid groups (broad SMARTS) is 1. The quantitative estimate of drug-likeness (QED) is 0.514. The average molecular weight is 504 g/mol. The van der Waals surface area contributed by atoms with Crippen LogP contribution in [0.15, 0.2) is 41.6 Å². The Bertz CT molecular complexity index is 1190. The van der Waals surface area contributed by atoms with Crippen LogP contribution < -0.4 is 4.90 Å². The number of halogens is 3. The fraction of sp³-hybridized carbons (Fsp3) is 0.440. The van der Waals surface area contributed by atoms with Gasteiger partial charge < -0.3 is 10.0 Å². The summed E-state index contributed by atoms with van der Waals surface area (Å²) in [5, 5.41) is 18.1. The van der Waals surface area contributed by atoms with Crippen molar-refractivity contribution >= 4 is 34.9 Å². The molecule has 1 aromatic rings. The number of carboxylic acids is 1. The largest absolute Gasteiger partial charge is 0.481 e. The molecule has 1 aromatic carbocycles. The van der Waals surface area contributed by atoms with E-state index < -0.39 is 28.8 Å². The van der Waals surface area contributed by atoms with Gasteiger partial charge in [0.05, 0.1) is 22.9 Å². The van der Waals surface area contributed by atoms with Crippen molar-refractivity contribution in [3.63, 3.8) is 0 Å². The standard InChI is InChI=1S/C25H24F3N3O3S/c1-15-12-16(4-2-5-21(32)33)6-9-20(15)31-23(35)30(22(34)24(31)10-3-11-24)18-8-7-17(14-29)19(13-18)25(26,27)28/h6-9,13,15H,2-5,10-12H2,1H3,(H,32,33). The molecule has 0 aromatic heterocycles. The number of alkyl halides is 3. The van der Waals surface area contributed by atoms with Crippen molar-refractivity contribution < 1.29 is 27.9 Å². The topological polar surface area (TPSA) is 84.6 Å². The molecule has 1 saturated heterocycles. The lowest BCUT2D eigenvalue weighted by Gasteiger charge is -2.45. The summed E-state index contributed by atoms with van der Waals surface area (Å²) < 4.78 is 40.7. The maximum atomic E-state index is 13.6. The van der Waals surface area contributed by atoms with Crippen molar-refractivity contribution in [2.75, 3.05) is 4.90 Å². The molecule has 1 N–H and O–H groups in total. The summed E-state index contributed by atoms with van der Waals surface area (Å²) >= 11 is 5.69. The molecular formula is C25H24F3N3O3S. The summed E-state index contributed by atoms with van der Waals surface area (Å²) in [4.78, 5) is 27.4. The highest BCUT2D eigenvalue weighted by Crippen LogP contribution is 2.50. The van der Waals surface area contributed by atoms with Crippen LogP contribution in [0.25, 0.3) is 0 Å². The van der Waals surface area contributed by atoms with Gasteiger partial charge in [-0.25, -0.2) is 0 Å². The van der Waals surface area contributed by atoms with Crippen molar-refractivity contribution in [3.8, 4) is 6.07 Å². The number of carbonyl (C=O) groups is 2. The second-order valence-corrected chi connectivity index (χ2v) is 9.62. The maximum absolute atomic E-state index is 13.6. The third-order valence-electron chi connectivity index (χ3n) is 6.99. The molecule has 1 aliphatic heterocycles. The highest BCUT2D eigenvalue weighted by atomic mass is 32.1. The van der Waals surface area contributed by atoms with Crippen LogP contribution in [-0.4, -0.2) is 32.5 Å². The zero-order valence-electron chi connectivity index (χ0n) is 19.1. The van der Waals surface area contributed by atoms with E-state index in [1.807, 2.05) is 24.0 Å². The molecule has 10 heteroatoms. The molecule has 3 aliphatic rings. The van der Waals surface area contributed by atoms with Gasteiger partial charge in [0.25, 0.3) is 5.91 Å². The molecule has 184 valence electrons. The van der Waals surface area contributed by atoms with Gasteiger partial charge in [-0.15, -0.1) is 0 Å². The lowest BCUT2D eigenvalue weighted by molar-refractivity contribution is -0.138.